The third-order valence-corrected chi connectivity index (χ3v) is 3.41. The molecule has 1 amide bonds. The maximum Gasteiger partial charge on any atom is 0.222 e. The molecule has 0 radical (unpaired) electrons. The molecule has 1 unspecified atom stereocenters. The van der Waals surface area contributed by atoms with Gasteiger partial charge in [0.1, 0.15) is 6.10 Å². The van der Waals surface area contributed by atoms with E-state index in [9.17, 15) is 4.79 Å². The Balaban J connectivity index is 0.00000200. The van der Waals surface area contributed by atoms with Crippen LogP contribution in [0.3, 0.4) is 0 Å². The molecular formula is C15H23ClN2O2. The summed E-state index contributed by atoms with van der Waals surface area (Å²) in [6, 6.07) is 10.1. The number of morpholine rings is 1. The van der Waals surface area contributed by atoms with Crippen molar-refractivity contribution in [2.45, 2.75) is 18.9 Å². The summed E-state index contributed by atoms with van der Waals surface area (Å²) in [5, 5.41) is 3.07. The first-order valence-electron chi connectivity index (χ1n) is 6.90. The third-order valence-electron chi connectivity index (χ3n) is 3.41. The van der Waals surface area contributed by atoms with Gasteiger partial charge in [-0.15, -0.1) is 12.4 Å². The lowest BCUT2D eigenvalue weighted by molar-refractivity contribution is -0.139. The summed E-state index contributed by atoms with van der Waals surface area (Å²) in [6.07, 6.45) is 1.52. The van der Waals surface area contributed by atoms with E-state index in [1.54, 1.807) is 0 Å². The molecule has 1 aromatic rings. The SMILES string of the molecule is CNCCCC(=O)N1CCOC(c2ccccc2)C1.Cl. The van der Waals surface area contributed by atoms with Gasteiger partial charge in [0, 0.05) is 13.0 Å². The minimum Gasteiger partial charge on any atom is -0.370 e. The summed E-state index contributed by atoms with van der Waals surface area (Å²) in [7, 11) is 1.91. The predicted octanol–water partition coefficient (Wildman–Crippen LogP) is 2.01. The first-order valence-corrected chi connectivity index (χ1v) is 6.90. The summed E-state index contributed by atoms with van der Waals surface area (Å²) in [5.41, 5.74) is 1.15. The van der Waals surface area contributed by atoms with Crippen LogP contribution in [0.1, 0.15) is 24.5 Å². The van der Waals surface area contributed by atoms with Crippen LogP contribution in [0.4, 0.5) is 0 Å². The molecule has 0 bridgehead atoms. The fraction of sp³-hybridized carbons (Fsp3) is 0.533. The molecule has 1 N–H and O–H groups in total. The maximum atomic E-state index is 12.1. The monoisotopic (exact) mass is 298 g/mol. The van der Waals surface area contributed by atoms with E-state index in [4.69, 9.17) is 4.74 Å². The van der Waals surface area contributed by atoms with Crippen LogP contribution in [0.15, 0.2) is 30.3 Å². The quantitative estimate of drug-likeness (QED) is 0.846. The molecule has 1 aromatic carbocycles. The highest BCUT2D eigenvalue weighted by atomic mass is 35.5. The Morgan fingerprint density at radius 3 is 2.85 bits per heavy atom. The lowest BCUT2D eigenvalue weighted by atomic mass is 10.1. The van der Waals surface area contributed by atoms with Crippen molar-refractivity contribution in [3.63, 3.8) is 0 Å². The molecule has 1 aliphatic rings. The molecule has 0 spiro atoms. The lowest BCUT2D eigenvalue weighted by Gasteiger charge is -2.33. The molecule has 1 saturated heterocycles. The van der Waals surface area contributed by atoms with E-state index in [0.29, 0.717) is 26.1 Å². The molecule has 5 heteroatoms. The van der Waals surface area contributed by atoms with Crippen molar-refractivity contribution < 1.29 is 9.53 Å². The average molecular weight is 299 g/mol. The Labute approximate surface area is 126 Å². The zero-order valence-corrected chi connectivity index (χ0v) is 12.7. The number of nitrogens with one attached hydrogen (secondary N) is 1. The number of rotatable bonds is 5. The van der Waals surface area contributed by atoms with Gasteiger partial charge in [-0.3, -0.25) is 4.79 Å². The first kappa shape index (κ1) is 17.0. The van der Waals surface area contributed by atoms with Crippen molar-refractivity contribution in [1.82, 2.24) is 10.2 Å². The summed E-state index contributed by atoms with van der Waals surface area (Å²) >= 11 is 0. The Kier molecular flexibility index (Phi) is 7.59. The average Bonchev–Trinajstić information content (AvgIpc) is 2.48. The number of hydrogen-bond acceptors (Lipinski definition) is 3. The van der Waals surface area contributed by atoms with Crippen molar-refractivity contribution in [3.8, 4) is 0 Å². The number of carbonyl (C=O) groups excluding carboxylic acids is 1. The van der Waals surface area contributed by atoms with Crippen LogP contribution in [0.5, 0.6) is 0 Å². The predicted molar refractivity (Wildman–Crippen MR) is 82.1 cm³/mol. The standard InChI is InChI=1S/C15H22N2O2.ClH/c1-16-9-5-8-15(18)17-10-11-19-14(12-17)13-6-3-2-4-7-13;/h2-4,6-7,14,16H,5,8-12H2,1H3;1H. The Morgan fingerprint density at radius 2 is 2.15 bits per heavy atom. The van der Waals surface area contributed by atoms with Crippen LogP contribution in [0.2, 0.25) is 0 Å². The highest BCUT2D eigenvalue weighted by Gasteiger charge is 2.24. The van der Waals surface area contributed by atoms with E-state index in [1.165, 1.54) is 0 Å². The van der Waals surface area contributed by atoms with Crippen LogP contribution in [0.25, 0.3) is 0 Å². The fourth-order valence-electron chi connectivity index (χ4n) is 2.32. The second-order valence-corrected chi connectivity index (χ2v) is 4.82. The topological polar surface area (TPSA) is 41.6 Å². The van der Waals surface area contributed by atoms with Gasteiger partial charge < -0.3 is 15.0 Å². The first-order chi connectivity index (χ1) is 9.31. The molecule has 0 saturated carbocycles. The molecular weight excluding hydrogens is 276 g/mol. The van der Waals surface area contributed by atoms with Crippen molar-refractivity contribution in [3.05, 3.63) is 35.9 Å². The molecule has 4 nitrogen and oxygen atoms in total. The minimum absolute atomic E-state index is 0. The largest absolute Gasteiger partial charge is 0.370 e. The van der Waals surface area contributed by atoms with Crippen LogP contribution in [0, 0.1) is 0 Å². The molecule has 2 rings (SSSR count). The Morgan fingerprint density at radius 1 is 1.40 bits per heavy atom. The Hall–Kier alpha value is -1.10. The highest BCUT2D eigenvalue weighted by Crippen LogP contribution is 2.22. The van der Waals surface area contributed by atoms with E-state index in [1.807, 2.05) is 30.1 Å². The van der Waals surface area contributed by atoms with Crippen molar-refractivity contribution in [2.75, 3.05) is 33.3 Å². The summed E-state index contributed by atoms with van der Waals surface area (Å²) in [4.78, 5) is 14.0. The second-order valence-electron chi connectivity index (χ2n) is 4.82. The minimum atomic E-state index is 0. The smallest absolute Gasteiger partial charge is 0.222 e. The number of nitrogens with zero attached hydrogens (tertiary/aromatic N) is 1. The molecule has 112 valence electrons. The van der Waals surface area contributed by atoms with Gasteiger partial charge in [-0.1, -0.05) is 30.3 Å². The Bertz CT molecular complexity index is 400. The van der Waals surface area contributed by atoms with Crippen LogP contribution >= 0.6 is 12.4 Å². The molecule has 1 fully saturated rings. The van der Waals surface area contributed by atoms with Gasteiger partial charge in [0.25, 0.3) is 0 Å². The molecule has 0 aliphatic carbocycles. The fourth-order valence-corrected chi connectivity index (χ4v) is 2.32. The second kappa shape index (κ2) is 8.95. The number of amides is 1. The van der Waals surface area contributed by atoms with E-state index in [2.05, 4.69) is 17.4 Å². The van der Waals surface area contributed by atoms with E-state index in [-0.39, 0.29) is 24.4 Å². The van der Waals surface area contributed by atoms with Crippen molar-refractivity contribution in [1.29, 1.82) is 0 Å². The maximum absolute atomic E-state index is 12.1. The van der Waals surface area contributed by atoms with Gasteiger partial charge >= 0.3 is 0 Å². The molecule has 20 heavy (non-hydrogen) atoms. The molecule has 1 atom stereocenters. The van der Waals surface area contributed by atoms with Crippen molar-refractivity contribution in [2.24, 2.45) is 0 Å². The van der Waals surface area contributed by atoms with Gasteiger partial charge in [0.2, 0.25) is 5.91 Å². The van der Waals surface area contributed by atoms with Gasteiger partial charge in [-0.05, 0) is 25.6 Å². The van der Waals surface area contributed by atoms with Gasteiger partial charge in [0.15, 0.2) is 0 Å². The lowest BCUT2D eigenvalue weighted by Crippen LogP contribution is -2.42. The number of carbonyl (C=O) groups is 1. The van der Waals surface area contributed by atoms with Gasteiger partial charge in [-0.25, -0.2) is 0 Å². The normalized spacial score (nSPS) is 18.4. The summed E-state index contributed by atoms with van der Waals surface area (Å²) < 4.78 is 5.76. The number of hydrogen-bond donors (Lipinski definition) is 1. The van der Waals surface area contributed by atoms with Gasteiger partial charge in [0.05, 0.1) is 13.2 Å². The van der Waals surface area contributed by atoms with E-state index >= 15 is 0 Å². The van der Waals surface area contributed by atoms with E-state index < -0.39 is 0 Å². The zero-order chi connectivity index (χ0) is 13.5. The molecule has 1 heterocycles. The van der Waals surface area contributed by atoms with Gasteiger partial charge in [-0.2, -0.15) is 0 Å². The third kappa shape index (κ3) is 4.78. The highest BCUT2D eigenvalue weighted by molar-refractivity contribution is 5.85. The summed E-state index contributed by atoms with van der Waals surface area (Å²) in [6.45, 7) is 2.89. The molecule has 0 aromatic heterocycles. The van der Waals surface area contributed by atoms with E-state index in [0.717, 1.165) is 18.5 Å². The summed E-state index contributed by atoms with van der Waals surface area (Å²) in [5.74, 6) is 0.236. The van der Waals surface area contributed by atoms with Crippen LogP contribution in [-0.2, 0) is 9.53 Å². The van der Waals surface area contributed by atoms with Crippen LogP contribution < -0.4 is 5.32 Å². The number of halogens is 1. The van der Waals surface area contributed by atoms with Crippen molar-refractivity contribution >= 4 is 18.3 Å². The zero-order valence-electron chi connectivity index (χ0n) is 11.9. The molecule has 1 aliphatic heterocycles. The van der Waals surface area contributed by atoms with Crippen LogP contribution in [-0.4, -0.2) is 44.1 Å². The number of benzene rings is 1. The number of ether oxygens (including phenoxy) is 1.